The Morgan fingerprint density at radius 3 is 2.87 bits per heavy atom. The molecule has 2 heterocycles. The van der Waals surface area contributed by atoms with Crippen molar-refractivity contribution in [2.24, 2.45) is 5.92 Å². The van der Waals surface area contributed by atoms with Crippen LogP contribution >= 0.6 is 11.6 Å². The van der Waals surface area contributed by atoms with Crippen LogP contribution in [-0.4, -0.2) is 29.7 Å². The first kappa shape index (κ1) is 10.5. The highest BCUT2D eigenvalue weighted by molar-refractivity contribution is 6.29. The van der Waals surface area contributed by atoms with Gasteiger partial charge in [0.15, 0.2) is 0 Å². The molecule has 4 nitrogen and oxygen atoms in total. The van der Waals surface area contributed by atoms with E-state index >= 15 is 0 Å². The summed E-state index contributed by atoms with van der Waals surface area (Å²) in [5.41, 5.74) is 0. The molecule has 0 unspecified atom stereocenters. The molecule has 0 aliphatic carbocycles. The van der Waals surface area contributed by atoms with Gasteiger partial charge in [-0.3, -0.25) is 0 Å². The Labute approximate surface area is 94.2 Å². The van der Waals surface area contributed by atoms with E-state index in [4.69, 9.17) is 16.3 Å². The maximum Gasteiger partial charge on any atom is 0.319 e. The van der Waals surface area contributed by atoms with E-state index in [9.17, 15) is 0 Å². The number of halogens is 1. The first-order valence-corrected chi connectivity index (χ1v) is 5.49. The summed E-state index contributed by atoms with van der Waals surface area (Å²) in [4.78, 5) is 10.4. The second-order valence-electron chi connectivity index (χ2n) is 3.77. The van der Waals surface area contributed by atoms with Crippen molar-refractivity contribution in [2.75, 3.05) is 24.6 Å². The molecule has 5 heteroatoms. The van der Waals surface area contributed by atoms with Crippen LogP contribution in [0.25, 0.3) is 0 Å². The third-order valence-electron chi connectivity index (χ3n) is 2.32. The zero-order chi connectivity index (χ0) is 10.8. The van der Waals surface area contributed by atoms with Crippen molar-refractivity contribution in [3.8, 4) is 6.01 Å². The first-order chi connectivity index (χ1) is 7.19. The highest BCUT2D eigenvalue weighted by Gasteiger charge is 2.24. The molecule has 1 saturated heterocycles. The van der Waals surface area contributed by atoms with Gasteiger partial charge in [0.1, 0.15) is 11.0 Å². The Morgan fingerprint density at radius 2 is 2.27 bits per heavy atom. The Kier molecular flexibility index (Phi) is 2.95. The van der Waals surface area contributed by atoms with Gasteiger partial charge >= 0.3 is 6.01 Å². The summed E-state index contributed by atoms with van der Waals surface area (Å²) >= 11 is 5.89. The predicted octanol–water partition coefficient (Wildman–Crippen LogP) is 1.98. The molecule has 0 atom stereocenters. The number of rotatable bonds is 3. The lowest BCUT2D eigenvalue weighted by atomic mass is 10.0. The topological polar surface area (TPSA) is 38.2 Å². The van der Waals surface area contributed by atoms with Gasteiger partial charge in [-0.2, -0.15) is 9.97 Å². The molecular weight excluding hydrogens is 214 g/mol. The molecule has 0 aromatic carbocycles. The van der Waals surface area contributed by atoms with E-state index in [0.717, 1.165) is 24.8 Å². The van der Waals surface area contributed by atoms with E-state index < -0.39 is 0 Å². The van der Waals surface area contributed by atoms with Gasteiger partial charge in [-0.15, -0.1) is 0 Å². The molecule has 15 heavy (non-hydrogen) atoms. The zero-order valence-corrected chi connectivity index (χ0v) is 9.66. The minimum absolute atomic E-state index is 0.361. The van der Waals surface area contributed by atoms with Gasteiger partial charge in [-0.25, -0.2) is 0 Å². The number of nitrogens with zero attached hydrogens (tertiary/aromatic N) is 3. The predicted molar refractivity (Wildman–Crippen MR) is 59.6 cm³/mol. The number of hydrogen-bond acceptors (Lipinski definition) is 4. The van der Waals surface area contributed by atoms with E-state index in [0.29, 0.717) is 17.8 Å². The molecule has 1 aromatic rings. The van der Waals surface area contributed by atoms with Gasteiger partial charge in [-0.1, -0.05) is 18.5 Å². The quantitative estimate of drug-likeness (QED) is 0.741. The van der Waals surface area contributed by atoms with Crippen molar-refractivity contribution >= 4 is 17.4 Å². The van der Waals surface area contributed by atoms with Crippen LogP contribution in [0.3, 0.4) is 0 Å². The summed E-state index contributed by atoms with van der Waals surface area (Å²) in [5.74, 6) is 1.59. The standard InChI is InChI=1S/C10H14ClN3O/c1-3-15-10-12-8(11)4-9(13-10)14-5-7(2)6-14/h4,7H,3,5-6H2,1-2H3. The number of hydrogen-bond donors (Lipinski definition) is 0. The van der Waals surface area contributed by atoms with E-state index in [1.54, 1.807) is 6.07 Å². The Balaban J connectivity index is 2.16. The lowest BCUT2D eigenvalue weighted by Gasteiger charge is -2.38. The Bertz CT molecular complexity index is 353. The smallest absolute Gasteiger partial charge is 0.319 e. The van der Waals surface area contributed by atoms with Crippen LogP contribution in [0.15, 0.2) is 6.07 Å². The van der Waals surface area contributed by atoms with Gasteiger partial charge < -0.3 is 9.64 Å². The van der Waals surface area contributed by atoms with Crippen molar-refractivity contribution in [2.45, 2.75) is 13.8 Å². The van der Waals surface area contributed by atoms with E-state index in [-0.39, 0.29) is 0 Å². The van der Waals surface area contributed by atoms with Crippen LogP contribution < -0.4 is 9.64 Å². The molecule has 0 radical (unpaired) electrons. The highest BCUT2D eigenvalue weighted by atomic mass is 35.5. The van der Waals surface area contributed by atoms with Crippen LogP contribution in [0.5, 0.6) is 6.01 Å². The van der Waals surface area contributed by atoms with E-state index in [1.807, 2.05) is 6.92 Å². The average Bonchev–Trinajstić information content (AvgIpc) is 2.12. The van der Waals surface area contributed by atoms with Crippen molar-refractivity contribution in [1.82, 2.24) is 9.97 Å². The van der Waals surface area contributed by atoms with Crippen molar-refractivity contribution in [3.63, 3.8) is 0 Å². The van der Waals surface area contributed by atoms with E-state index in [1.165, 1.54) is 0 Å². The summed E-state index contributed by atoms with van der Waals surface area (Å²) < 4.78 is 5.24. The third-order valence-corrected chi connectivity index (χ3v) is 2.52. The summed E-state index contributed by atoms with van der Waals surface area (Å²) in [6, 6.07) is 2.13. The maximum atomic E-state index is 5.89. The molecule has 82 valence electrons. The SMILES string of the molecule is CCOc1nc(Cl)cc(N2CC(C)C2)n1. The van der Waals surface area contributed by atoms with Crippen molar-refractivity contribution in [3.05, 3.63) is 11.2 Å². The fourth-order valence-corrected chi connectivity index (χ4v) is 1.80. The zero-order valence-electron chi connectivity index (χ0n) is 8.90. The molecule has 1 aliphatic heterocycles. The van der Waals surface area contributed by atoms with Crippen LogP contribution in [0.4, 0.5) is 5.82 Å². The summed E-state index contributed by atoms with van der Waals surface area (Å²) in [6.07, 6.45) is 0. The first-order valence-electron chi connectivity index (χ1n) is 5.11. The fraction of sp³-hybridized carbons (Fsp3) is 0.600. The minimum Gasteiger partial charge on any atom is -0.464 e. The van der Waals surface area contributed by atoms with Crippen molar-refractivity contribution < 1.29 is 4.74 Å². The molecule has 1 fully saturated rings. The monoisotopic (exact) mass is 227 g/mol. The van der Waals surface area contributed by atoms with Gasteiger partial charge in [0, 0.05) is 19.2 Å². The Morgan fingerprint density at radius 1 is 1.53 bits per heavy atom. The molecule has 0 N–H and O–H groups in total. The molecule has 0 bridgehead atoms. The summed E-state index contributed by atoms with van der Waals surface area (Å²) in [7, 11) is 0. The van der Waals surface area contributed by atoms with Gasteiger partial charge in [0.05, 0.1) is 6.61 Å². The largest absolute Gasteiger partial charge is 0.464 e. The molecule has 1 aromatic heterocycles. The average molecular weight is 228 g/mol. The molecule has 0 amide bonds. The molecule has 0 saturated carbocycles. The Hall–Kier alpha value is -1.03. The number of anilines is 1. The molecule has 0 spiro atoms. The van der Waals surface area contributed by atoms with Crippen LogP contribution in [0.1, 0.15) is 13.8 Å². The van der Waals surface area contributed by atoms with E-state index in [2.05, 4.69) is 21.8 Å². The highest BCUT2D eigenvalue weighted by Crippen LogP contribution is 2.25. The second kappa shape index (κ2) is 4.23. The van der Waals surface area contributed by atoms with Crippen molar-refractivity contribution in [1.29, 1.82) is 0 Å². The lowest BCUT2D eigenvalue weighted by molar-refractivity contribution is 0.311. The fourth-order valence-electron chi connectivity index (χ4n) is 1.63. The molecular formula is C10H14ClN3O. The number of aromatic nitrogens is 2. The maximum absolute atomic E-state index is 5.89. The molecule has 1 aliphatic rings. The summed E-state index contributed by atoms with van der Waals surface area (Å²) in [6.45, 7) is 6.71. The number of ether oxygens (including phenoxy) is 1. The molecule has 2 rings (SSSR count). The third kappa shape index (κ3) is 2.31. The lowest BCUT2D eigenvalue weighted by Crippen LogP contribution is -2.45. The van der Waals surface area contributed by atoms with Crippen LogP contribution in [0.2, 0.25) is 5.15 Å². The van der Waals surface area contributed by atoms with Gasteiger partial charge in [-0.05, 0) is 12.8 Å². The van der Waals surface area contributed by atoms with Crippen LogP contribution in [-0.2, 0) is 0 Å². The minimum atomic E-state index is 0.361. The van der Waals surface area contributed by atoms with Gasteiger partial charge in [0.2, 0.25) is 0 Å². The van der Waals surface area contributed by atoms with Crippen LogP contribution in [0, 0.1) is 5.92 Å². The van der Waals surface area contributed by atoms with Gasteiger partial charge in [0.25, 0.3) is 0 Å². The summed E-state index contributed by atoms with van der Waals surface area (Å²) in [5, 5.41) is 0.433. The second-order valence-corrected chi connectivity index (χ2v) is 4.16. The normalized spacial score (nSPS) is 16.3.